The van der Waals surface area contributed by atoms with Crippen LogP contribution in [0.4, 0.5) is 0 Å². The van der Waals surface area contributed by atoms with Crippen molar-refractivity contribution in [3.8, 4) is 11.5 Å². The Labute approximate surface area is 157 Å². The third-order valence-corrected chi connectivity index (χ3v) is 3.98. The van der Waals surface area contributed by atoms with Crippen LogP contribution in [0.15, 0.2) is 47.6 Å². The molecule has 0 spiro atoms. The third kappa shape index (κ3) is 5.39. The number of methoxy groups -OCH3 is 2. The Morgan fingerprint density at radius 2 is 1.92 bits per heavy atom. The number of carbonyl (C=O) groups excluding carboxylic acids is 1. The third-order valence-electron chi connectivity index (χ3n) is 3.61. The van der Waals surface area contributed by atoms with Crippen molar-refractivity contribution >= 4 is 23.7 Å². The molecule has 1 amide bonds. The Morgan fingerprint density at radius 1 is 1.19 bits per heavy atom. The summed E-state index contributed by atoms with van der Waals surface area (Å²) in [5, 5.41) is 7.23. The first kappa shape index (κ1) is 19.6. The largest absolute Gasteiger partial charge is 0.493 e. The summed E-state index contributed by atoms with van der Waals surface area (Å²) in [5.41, 5.74) is 1.59. The highest BCUT2D eigenvalue weighted by molar-refractivity contribution is 6.31. The molecule has 0 aliphatic heterocycles. The van der Waals surface area contributed by atoms with Crippen molar-refractivity contribution in [3.05, 3.63) is 58.6 Å². The van der Waals surface area contributed by atoms with E-state index in [9.17, 15) is 4.79 Å². The molecule has 0 bridgehead atoms. The van der Waals surface area contributed by atoms with Gasteiger partial charge in [0.05, 0.1) is 20.4 Å². The topological polar surface area (TPSA) is 69.2 Å². The summed E-state index contributed by atoms with van der Waals surface area (Å²) in [6.07, 6.45) is 0.758. The molecule has 7 heteroatoms. The monoisotopic (exact) mass is 376 g/mol. The van der Waals surface area contributed by atoms with E-state index in [1.165, 1.54) is 6.21 Å². The van der Waals surface area contributed by atoms with E-state index >= 15 is 0 Å². The Balaban J connectivity index is 1.87. The van der Waals surface area contributed by atoms with Gasteiger partial charge in [-0.1, -0.05) is 35.0 Å². The lowest BCUT2D eigenvalue weighted by Crippen LogP contribution is -2.33. The zero-order valence-corrected chi connectivity index (χ0v) is 15.6. The molecule has 0 saturated carbocycles. The van der Waals surface area contributed by atoms with Crippen LogP contribution >= 0.6 is 11.6 Å². The number of halogens is 1. The molecular formula is C19H21ClN2O4. The molecule has 0 aliphatic rings. The van der Waals surface area contributed by atoms with Gasteiger partial charge in [-0.15, -0.1) is 0 Å². The minimum absolute atomic E-state index is 0.283. The molecule has 138 valence electrons. The Hall–Kier alpha value is -2.73. The van der Waals surface area contributed by atoms with Crippen LogP contribution in [0.3, 0.4) is 0 Å². The van der Waals surface area contributed by atoms with Crippen molar-refractivity contribution in [2.75, 3.05) is 14.2 Å². The molecule has 2 aromatic carbocycles. The molecule has 0 fully saturated rings. The first-order valence-corrected chi connectivity index (χ1v) is 8.35. The average molecular weight is 377 g/mol. The molecule has 1 unspecified atom stereocenters. The summed E-state index contributed by atoms with van der Waals surface area (Å²) in [6.45, 7) is 1.94. The van der Waals surface area contributed by atoms with Crippen molar-refractivity contribution in [1.82, 2.24) is 5.32 Å². The van der Waals surface area contributed by atoms with E-state index in [-0.39, 0.29) is 5.91 Å². The van der Waals surface area contributed by atoms with Crippen LogP contribution in [0.25, 0.3) is 0 Å². The zero-order valence-electron chi connectivity index (χ0n) is 14.9. The first-order chi connectivity index (χ1) is 12.5. The van der Waals surface area contributed by atoms with Crippen molar-refractivity contribution < 1.29 is 19.1 Å². The van der Waals surface area contributed by atoms with Crippen LogP contribution in [0.5, 0.6) is 11.5 Å². The fourth-order valence-corrected chi connectivity index (χ4v) is 2.33. The smallest absolute Gasteiger partial charge is 0.263 e. The number of carbonyl (C=O) groups is 1. The second kappa shape index (κ2) is 9.68. The lowest BCUT2D eigenvalue weighted by Gasteiger charge is -2.11. The molecular weight excluding hydrogens is 356 g/mol. The molecule has 0 aliphatic carbocycles. The highest BCUT2D eigenvalue weighted by Gasteiger charge is 2.14. The number of nitrogens with zero attached hydrogens (tertiary/aromatic N) is 1. The lowest BCUT2D eigenvalue weighted by atomic mass is 10.2. The van der Waals surface area contributed by atoms with Crippen molar-refractivity contribution in [1.29, 1.82) is 0 Å². The number of oxime groups is 1. The summed E-state index contributed by atoms with van der Waals surface area (Å²) >= 11 is 6.06. The second-order valence-electron chi connectivity index (χ2n) is 5.41. The van der Waals surface area contributed by atoms with Gasteiger partial charge in [-0.2, -0.15) is 0 Å². The Bertz CT molecular complexity index is 780. The van der Waals surface area contributed by atoms with E-state index in [4.69, 9.17) is 25.9 Å². The number of benzene rings is 2. The maximum absolute atomic E-state index is 12.1. The molecule has 0 radical (unpaired) electrons. The summed E-state index contributed by atoms with van der Waals surface area (Å²) < 4.78 is 10.4. The van der Waals surface area contributed by atoms with Gasteiger partial charge in [-0.3, -0.25) is 4.79 Å². The van der Waals surface area contributed by atoms with Gasteiger partial charge in [0.2, 0.25) is 6.10 Å². The van der Waals surface area contributed by atoms with Crippen LogP contribution in [0, 0.1) is 0 Å². The normalized spacial score (nSPS) is 11.8. The molecule has 0 heterocycles. The maximum Gasteiger partial charge on any atom is 0.263 e. The van der Waals surface area contributed by atoms with Gasteiger partial charge in [0.25, 0.3) is 5.91 Å². The quantitative estimate of drug-likeness (QED) is 0.566. The minimum atomic E-state index is -0.742. The van der Waals surface area contributed by atoms with Crippen LogP contribution in [-0.4, -0.2) is 32.4 Å². The van der Waals surface area contributed by atoms with Crippen LogP contribution in [0.2, 0.25) is 5.02 Å². The summed E-state index contributed by atoms with van der Waals surface area (Å²) in [4.78, 5) is 17.3. The van der Waals surface area contributed by atoms with E-state index in [1.54, 1.807) is 45.4 Å². The number of hydrogen-bond donors (Lipinski definition) is 1. The molecule has 0 saturated heterocycles. The van der Waals surface area contributed by atoms with Gasteiger partial charge >= 0.3 is 0 Å². The zero-order chi connectivity index (χ0) is 18.9. The van der Waals surface area contributed by atoms with Crippen molar-refractivity contribution in [2.45, 2.75) is 19.6 Å². The average Bonchev–Trinajstić information content (AvgIpc) is 2.66. The van der Waals surface area contributed by atoms with E-state index in [0.29, 0.717) is 23.1 Å². The SMILES string of the molecule is COc1ccc(/C=N/OC(C)C(=O)NCc2ccccc2Cl)cc1OC. The number of nitrogens with one attached hydrogen (secondary N) is 1. The highest BCUT2D eigenvalue weighted by Crippen LogP contribution is 2.26. The first-order valence-electron chi connectivity index (χ1n) is 7.97. The van der Waals surface area contributed by atoms with Gasteiger partial charge in [-0.05, 0) is 36.8 Å². The van der Waals surface area contributed by atoms with E-state index in [1.807, 2.05) is 18.2 Å². The molecule has 26 heavy (non-hydrogen) atoms. The van der Waals surface area contributed by atoms with Crippen LogP contribution in [0.1, 0.15) is 18.1 Å². The Kier molecular flexibility index (Phi) is 7.29. The van der Waals surface area contributed by atoms with Gasteiger partial charge in [-0.25, -0.2) is 0 Å². The summed E-state index contributed by atoms with van der Waals surface area (Å²) in [5.74, 6) is 0.925. The number of ether oxygens (including phenoxy) is 2. The minimum Gasteiger partial charge on any atom is -0.493 e. The predicted molar refractivity (Wildman–Crippen MR) is 101 cm³/mol. The maximum atomic E-state index is 12.1. The Morgan fingerprint density at radius 3 is 2.62 bits per heavy atom. The molecule has 1 atom stereocenters. The lowest BCUT2D eigenvalue weighted by molar-refractivity contribution is -0.131. The number of rotatable bonds is 8. The molecule has 1 N–H and O–H groups in total. The van der Waals surface area contributed by atoms with Gasteiger partial charge < -0.3 is 19.6 Å². The molecule has 6 nitrogen and oxygen atoms in total. The predicted octanol–water partition coefficient (Wildman–Crippen LogP) is 3.41. The molecule has 0 aromatic heterocycles. The van der Waals surface area contributed by atoms with Crippen molar-refractivity contribution in [3.63, 3.8) is 0 Å². The number of amides is 1. The summed E-state index contributed by atoms with van der Waals surface area (Å²) in [7, 11) is 3.12. The number of hydrogen-bond acceptors (Lipinski definition) is 5. The fraction of sp³-hybridized carbons (Fsp3) is 0.263. The van der Waals surface area contributed by atoms with E-state index in [2.05, 4.69) is 10.5 Å². The standard InChI is InChI=1S/C19H21ClN2O4/c1-13(19(23)21-12-15-6-4-5-7-16(15)20)26-22-11-14-8-9-17(24-2)18(10-14)25-3/h4-11,13H,12H2,1-3H3,(H,21,23)/b22-11+. The van der Waals surface area contributed by atoms with Gasteiger partial charge in [0.15, 0.2) is 11.5 Å². The molecule has 2 aromatic rings. The fourth-order valence-electron chi connectivity index (χ4n) is 2.13. The second-order valence-corrected chi connectivity index (χ2v) is 5.81. The molecule has 2 rings (SSSR count). The van der Waals surface area contributed by atoms with Gasteiger partial charge in [0, 0.05) is 17.1 Å². The van der Waals surface area contributed by atoms with Crippen molar-refractivity contribution in [2.24, 2.45) is 5.16 Å². The van der Waals surface area contributed by atoms with Crippen LogP contribution < -0.4 is 14.8 Å². The van der Waals surface area contributed by atoms with E-state index in [0.717, 1.165) is 11.1 Å². The van der Waals surface area contributed by atoms with Gasteiger partial charge in [0.1, 0.15) is 0 Å². The highest BCUT2D eigenvalue weighted by atomic mass is 35.5. The van der Waals surface area contributed by atoms with Crippen LogP contribution in [-0.2, 0) is 16.2 Å². The van der Waals surface area contributed by atoms with E-state index < -0.39 is 6.10 Å². The summed E-state index contributed by atoms with van der Waals surface area (Å²) in [6, 6.07) is 12.6.